The summed E-state index contributed by atoms with van der Waals surface area (Å²) in [5.41, 5.74) is 7.09. The lowest BCUT2D eigenvalue weighted by Crippen LogP contribution is -2.53. The van der Waals surface area contributed by atoms with Crippen LogP contribution >= 0.6 is 0 Å². The molecule has 0 bridgehead atoms. The fraction of sp³-hybridized carbons (Fsp3) is 0.529. The predicted molar refractivity (Wildman–Crippen MR) is 92.3 cm³/mol. The van der Waals surface area contributed by atoms with Gasteiger partial charge in [0.05, 0.1) is 16.6 Å². The number of hydrogen-bond donors (Lipinski definition) is 2. The molecular formula is C17H26N4O2. The molecule has 3 N–H and O–H groups in total. The van der Waals surface area contributed by atoms with Crippen LogP contribution in [0.5, 0.6) is 0 Å². The zero-order valence-corrected chi connectivity index (χ0v) is 14.1. The van der Waals surface area contributed by atoms with Crippen LogP contribution in [0.1, 0.15) is 33.1 Å². The summed E-state index contributed by atoms with van der Waals surface area (Å²) < 4.78 is 3.26. The van der Waals surface area contributed by atoms with E-state index in [1.54, 1.807) is 16.2 Å². The number of aryl methyl sites for hydroxylation is 2. The number of nitrogens with zero attached hydrogens (tertiary/aromatic N) is 2. The van der Waals surface area contributed by atoms with E-state index in [1.165, 1.54) is 0 Å². The highest BCUT2D eigenvalue weighted by atomic mass is 16.2. The third kappa shape index (κ3) is 3.32. The molecule has 1 aromatic carbocycles. The molecule has 2 aromatic rings. The van der Waals surface area contributed by atoms with Gasteiger partial charge in [0.15, 0.2) is 0 Å². The van der Waals surface area contributed by atoms with Crippen LogP contribution in [0.3, 0.4) is 0 Å². The van der Waals surface area contributed by atoms with Crippen LogP contribution in [-0.2, 0) is 18.4 Å². The minimum absolute atomic E-state index is 0.0704. The molecule has 6 heteroatoms. The van der Waals surface area contributed by atoms with E-state index in [0.717, 1.165) is 23.9 Å². The summed E-state index contributed by atoms with van der Waals surface area (Å²) in [4.78, 5) is 24.6. The lowest BCUT2D eigenvalue weighted by atomic mass is 9.93. The Labute approximate surface area is 136 Å². The van der Waals surface area contributed by atoms with Crippen LogP contribution in [0.25, 0.3) is 11.0 Å². The zero-order chi connectivity index (χ0) is 17.0. The van der Waals surface area contributed by atoms with Gasteiger partial charge in [-0.25, -0.2) is 4.79 Å². The van der Waals surface area contributed by atoms with Crippen LogP contribution < -0.4 is 16.7 Å². The summed E-state index contributed by atoms with van der Waals surface area (Å²) >= 11 is 0. The lowest BCUT2D eigenvalue weighted by molar-refractivity contribution is -0.123. The largest absolute Gasteiger partial charge is 0.349 e. The Hall–Kier alpha value is -2.08. The molecule has 0 aliphatic heterocycles. The highest BCUT2D eigenvalue weighted by Crippen LogP contribution is 2.14. The number of fused-ring (bicyclic) bond motifs is 1. The molecule has 2 rings (SSSR count). The fourth-order valence-electron chi connectivity index (χ4n) is 2.92. The van der Waals surface area contributed by atoms with Gasteiger partial charge in [-0.3, -0.25) is 13.9 Å². The maximum absolute atomic E-state index is 12.3. The first-order valence-corrected chi connectivity index (χ1v) is 8.13. The molecule has 6 nitrogen and oxygen atoms in total. The second-order valence-corrected chi connectivity index (χ2v) is 5.97. The van der Waals surface area contributed by atoms with Gasteiger partial charge in [-0.1, -0.05) is 26.0 Å². The number of imidazole rings is 1. The molecule has 1 aromatic heterocycles. The van der Waals surface area contributed by atoms with Gasteiger partial charge >= 0.3 is 5.69 Å². The Balaban J connectivity index is 2.14. The van der Waals surface area contributed by atoms with Gasteiger partial charge in [0.1, 0.15) is 0 Å². The van der Waals surface area contributed by atoms with Gasteiger partial charge < -0.3 is 11.1 Å². The standard InChI is InChI=1S/C17H26N4O2/c1-4-17(5-2,12-18)19-15(22)10-11-21-14-9-7-6-8-13(14)20(3)16(21)23/h6-9H,4-5,10-12,18H2,1-3H3,(H,19,22). The average molecular weight is 318 g/mol. The number of hydrogen-bond acceptors (Lipinski definition) is 3. The smallest absolute Gasteiger partial charge is 0.328 e. The van der Waals surface area contributed by atoms with Crippen molar-refractivity contribution in [3.05, 3.63) is 34.7 Å². The Morgan fingerprint density at radius 1 is 1.22 bits per heavy atom. The summed E-state index contributed by atoms with van der Waals surface area (Å²) in [6, 6.07) is 7.60. The molecule has 0 saturated carbocycles. The van der Waals surface area contributed by atoms with Crippen LogP contribution in [0.15, 0.2) is 29.1 Å². The maximum Gasteiger partial charge on any atom is 0.328 e. The number of nitrogens with two attached hydrogens (primary N) is 1. The molecule has 0 saturated heterocycles. The summed E-state index contributed by atoms with van der Waals surface area (Å²) in [7, 11) is 1.74. The Morgan fingerprint density at radius 3 is 2.39 bits per heavy atom. The van der Waals surface area contributed by atoms with Crippen molar-refractivity contribution >= 4 is 16.9 Å². The minimum Gasteiger partial charge on any atom is -0.349 e. The predicted octanol–water partition coefficient (Wildman–Crippen LogP) is 1.36. The fourth-order valence-corrected chi connectivity index (χ4v) is 2.92. The quantitative estimate of drug-likeness (QED) is 0.809. The van der Waals surface area contributed by atoms with Gasteiger partial charge in [0.25, 0.3) is 0 Å². The van der Waals surface area contributed by atoms with E-state index in [9.17, 15) is 9.59 Å². The monoisotopic (exact) mass is 318 g/mol. The van der Waals surface area contributed by atoms with E-state index in [4.69, 9.17) is 5.73 Å². The van der Waals surface area contributed by atoms with E-state index >= 15 is 0 Å². The topological polar surface area (TPSA) is 82.1 Å². The molecule has 0 atom stereocenters. The molecule has 0 radical (unpaired) electrons. The lowest BCUT2D eigenvalue weighted by Gasteiger charge is -2.31. The Bertz CT molecular complexity index is 732. The van der Waals surface area contributed by atoms with Crippen molar-refractivity contribution in [3.8, 4) is 0 Å². The summed E-state index contributed by atoms with van der Waals surface area (Å²) in [6.45, 7) is 4.82. The van der Waals surface area contributed by atoms with Crippen molar-refractivity contribution < 1.29 is 4.79 Å². The zero-order valence-electron chi connectivity index (χ0n) is 14.1. The molecule has 1 amide bonds. The highest BCUT2D eigenvalue weighted by Gasteiger charge is 2.26. The number of amides is 1. The number of aromatic nitrogens is 2. The van der Waals surface area contributed by atoms with E-state index in [0.29, 0.717) is 13.1 Å². The van der Waals surface area contributed by atoms with Crippen LogP contribution in [0, 0.1) is 0 Å². The van der Waals surface area contributed by atoms with Crippen LogP contribution in [0.4, 0.5) is 0 Å². The number of carbonyl (C=O) groups is 1. The molecule has 23 heavy (non-hydrogen) atoms. The first kappa shape index (κ1) is 17.3. The summed E-state index contributed by atoms with van der Waals surface area (Å²) in [5.74, 6) is -0.0704. The van der Waals surface area contributed by atoms with E-state index in [-0.39, 0.29) is 23.6 Å². The van der Waals surface area contributed by atoms with Crippen molar-refractivity contribution in [2.45, 2.75) is 45.2 Å². The van der Waals surface area contributed by atoms with E-state index in [2.05, 4.69) is 5.32 Å². The van der Waals surface area contributed by atoms with Crippen molar-refractivity contribution in [2.24, 2.45) is 12.8 Å². The first-order valence-electron chi connectivity index (χ1n) is 8.13. The van der Waals surface area contributed by atoms with Crippen molar-refractivity contribution in [1.29, 1.82) is 0 Å². The van der Waals surface area contributed by atoms with Gasteiger partial charge in [0, 0.05) is 26.6 Å². The first-order chi connectivity index (χ1) is 11.0. The second-order valence-electron chi connectivity index (χ2n) is 5.97. The highest BCUT2D eigenvalue weighted by molar-refractivity contribution is 5.78. The Kier molecular flexibility index (Phi) is 5.26. The molecule has 0 fully saturated rings. The molecule has 126 valence electrons. The number of benzene rings is 1. The number of nitrogens with one attached hydrogen (secondary N) is 1. The van der Waals surface area contributed by atoms with Crippen molar-refractivity contribution in [2.75, 3.05) is 6.54 Å². The van der Waals surface area contributed by atoms with Gasteiger partial charge in [-0.15, -0.1) is 0 Å². The third-order valence-electron chi connectivity index (χ3n) is 4.76. The molecule has 0 unspecified atom stereocenters. The summed E-state index contributed by atoms with van der Waals surface area (Å²) in [5, 5.41) is 3.04. The van der Waals surface area contributed by atoms with E-state index in [1.807, 2.05) is 38.1 Å². The van der Waals surface area contributed by atoms with Crippen LogP contribution in [0.2, 0.25) is 0 Å². The molecule has 1 heterocycles. The number of para-hydroxylation sites is 2. The second kappa shape index (κ2) is 7.00. The average Bonchev–Trinajstić information content (AvgIpc) is 2.82. The normalized spacial score (nSPS) is 11.8. The number of rotatable bonds is 7. The van der Waals surface area contributed by atoms with E-state index < -0.39 is 0 Å². The summed E-state index contributed by atoms with van der Waals surface area (Å²) in [6.07, 6.45) is 1.84. The number of carbonyl (C=O) groups excluding carboxylic acids is 1. The van der Waals surface area contributed by atoms with Gasteiger partial charge in [-0.05, 0) is 25.0 Å². The third-order valence-corrected chi connectivity index (χ3v) is 4.76. The minimum atomic E-state index is -0.346. The Morgan fingerprint density at radius 2 is 1.83 bits per heavy atom. The molecule has 0 spiro atoms. The van der Waals surface area contributed by atoms with Crippen molar-refractivity contribution in [1.82, 2.24) is 14.5 Å². The van der Waals surface area contributed by atoms with Gasteiger partial charge in [-0.2, -0.15) is 0 Å². The molecular weight excluding hydrogens is 292 g/mol. The van der Waals surface area contributed by atoms with Crippen LogP contribution in [-0.4, -0.2) is 27.1 Å². The molecule has 0 aliphatic rings. The van der Waals surface area contributed by atoms with Crippen molar-refractivity contribution in [3.63, 3.8) is 0 Å². The molecule has 0 aliphatic carbocycles. The van der Waals surface area contributed by atoms with Gasteiger partial charge in [0.2, 0.25) is 5.91 Å². The maximum atomic E-state index is 12.3. The SMILES string of the molecule is CCC(CC)(CN)NC(=O)CCn1c(=O)n(C)c2ccccc21.